The van der Waals surface area contributed by atoms with E-state index in [1.54, 1.807) is 0 Å². The number of fused-ring (bicyclic) bond motifs is 3. The van der Waals surface area contributed by atoms with E-state index in [2.05, 4.69) is 34.2 Å². The van der Waals surface area contributed by atoms with E-state index < -0.39 is 0 Å². The number of nitrogens with zero attached hydrogens (tertiary/aromatic N) is 2. The van der Waals surface area contributed by atoms with Crippen LogP contribution >= 0.6 is 0 Å². The van der Waals surface area contributed by atoms with E-state index >= 15 is 0 Å². The largest absolute Gasteiger partial charge is 0.369 e. The summed E-state index contributed by atoms with van der Waals surface area (Å²) in [5, 5.41) is 0.973. The summed E-state index contributed by atoms with van der Waals surface area (Å²) in [5.74, 6) is 6.15. The van der Waals surface area contributed by atoms with E-state index in [9.17, 15) is 0 Å². The van der Waals surface area contributed by atoms with E-state index in [4.69, 9.17) is 10.6 Å². The average Bonchev–Trinajstić information content (AvgIpc) is 2.65. The molecule has 0 saturated heterocycles. The molecule has 3 heterocycles. The zero-order valence-corrected chi connectivity index (χ0v) is 9.87. The van der Waals surface area contributed by atoms with Crippen molar-refractivity contribution in [2.75, 3.05) is 5.43 Å². The Morgan fingerprint density at radius 3 is 3.06 bits per heavy atom. The molecule has 0 aliphatic carbocycles. The Bertz CT molecular complexity index is 574. The number of nitrogens with one attached hydrogen (secondary N) is 2. The van der Waals surface area contributed by atoms with Crippen molar-refractivity contribution < 1.29 is 4.74 Å². The van der Waals surface area contributed by atoms with Crippen molar-refractivity contribution in [1.82, 2.24) is 15.0 Å². The van der Waals surface area contributed by atoms with Gasteiger partial charge in [-0.05, 0) is 19.4 Å². The lowest BCUT2D eigenvalue weighted by Crippen LogP contribution is -2.31. The summed E-state index contributed by atoms with van der Waals surface area (Å²) in [6, 6.07) is 0. The predicted octanol–water partition coefficient (Wildman–Crippen LogP) is 1.09. The molecule has 0 fully saturated rings. The van der Waals surface area contributed by atoms with Crippen molar-refractivity contribution in [2.24, 2.45) is 5.84 Å². The molecule has 0 unspecified atom stereocenters. The van der Waals surface area contributed by atoms with Crippen molar-refractivity contribution in [1.29, 1.82) is 0 Å². The van der Waals surface area contributed by atoms with Crippen molar-refractivity contribution in [3.63, 3.8) is 0 Å². The van der Waals surface area contributed by atoms with Gasteiger partial charge in [0.15, 0.2) is 5.82 Å². The number of hydrazine groups is 1. The number of aromatic nitrogens is 3. The molecule has 17 heavy (non-hydrogen) atoms. The molecule has 90 valence electrons. The summed E-state index contributed by atoms with van der Waals surface area (Å²) in [4.78, 5) is 11.6. The van der Waals surface area contributed by atoms with Gasteiger partial charge in [0.05, 0.1) is 17.6 Å². The zero-order chi connectivity index (χ0) is 12.0. The van der Waals surface area contributed by atoms with Gasteiger partial charge >= 0.3 is 0 Å². The van der Waals surface area contributed by atoms with E-state index in [-0.39, 0.29) is 5.60 Å². The van der Waals surface area contributed by atoms with Crippen molar-refractivity contribution in [3.8, 4) is 0 Å². The van der Waals surface area contributed by atoms with Crippen LogP contribution in [0.1, 0.15) is 25.1 Å². The van der Waals surface area contributed by atoms with Crippen molar-refractivity contribution in [3.05, 3.63) is 17.6 Å². The smallest absolute Gasteiger partial charge is 0.153 e. The SMILES string of the molecule is CC1(C)Cc2c([nH]c3ncnc(NN)c23)CO1. The minimum atomic E-state index is -0.163. The molecule has 0 aromatic carbocycles. The number of anilines is 1. The van der Waals surface area contributed by atoms with Gasteiger partial charge in [-0.3, -0.25) is 0 Å². The van der Waals surface area contributed by atoms with Crippen molar-refractivity contribution in [2.45, 2.75) is 32.5 Å². The molecule has 0 spiro atoms. The molecule has 6 heteroatoms. The summed E-state index contributed by atoms with van der Waals surface area (Å²) >= 11 is 0. The summed E-state index contributed by atoms with van der Waals surface area (Å²) in [6.45, 7) is 4.73. The van der Waals surface area contributed by atoms with Gasteiger partial charge in [-0.2, -0.15) is 0 Å². The van der Waals surface area contributed by atoms with Gasteiger partial charge in [0.25, 0.3) is 0 Å². The van der Waals surface area contributed by atoms with Crippen LogP contribution in [0.25, 0.3) is 11.0 Å². The minimum Gasteiger partial charge on any atom is -0.369 e. The van der Waals surface area contributed by atoms with E-state index in [1.807, 2.05) is 0 Å². The molecule has 0 bridgehead atoms. The molecule has 1 aliphatic heterocycles. The third kappa shape index (κ3) is 1.57. The van der Waals surface area contributed by atoms with Gasteiger partial charge in [0.2, 0.25) is 0 Å². The Kier molecular flexibility index (Phi) is 2.11. The second-order valence-electron chi connectivity index (χ2n) is 4.90. The third-order valence-electron chi connectivity index (χ3n) is 3.13. The lowest BCUT2D eigenvalue weighted by molar-refractivity contribution is -0.0410. The first-order valence-corrected chi connectivity index (χ1v) is 5.56. The van der Waals surface area contributed by atoms with Crippen LogP contribution in [0, 0.1) is 0 Å². The molecular weight excluding hydrogens is 218 g/mol. The van der Waals surface area contributed by atoms with Gasteiger partial charge in [0, 0.05) is 12.1 Å². The standard InChI is InChI=1S/C11H15N5O/c1-11(2)3-6-7(4-17-11)15-9-8(6)10(16-12)14-5-13-9/h5H,3-4,12H2,1-2H3,(H2,13,14,15,16). The van der Waals surface area contributed by atoms with Gasteiger partial charge in [0.1, 0.15) is 12.0 Å². The van der Waals surface area contributed by atoms with Crippen LogP contribution in [0.5, 0.6) is 0 Å². The maximum atomic E-state index is 5.76. The molecule has 0 atom stereocenters. The first-order chi connectivity index (χ1) is 8.11. The number of hydrogen-bond acceptors (Lipinski definition) is 5. The van der Waals surface area contributed by atoms with Crippen LogP contribution in [0.2, 0.25) is 0 Å². The number of hydrogen-bond donors (Lipinski definition) is 3. The number of aromatic amines is 1. The number of nitrogens with two attached hydrogens (primary N) is 1. The van der Waals surface area contributed by atoms with E-state index in [0.29, 0.717) is 12.4 Å². The third-order valence-corrected chi connectivity index (χ3v) is 3.13. The highest BCUT2D eigenvalue weighted by Crippen LogP contribution is 2.34. The van der Waals surface area contributed by atoms with Crippen LogP contribution in [0.15, 0.2) is 6.33 Å². The maximum absolute atomic E-state index is 5.76. The minimum absolute atomic E-state index is 0.163. The fourth-order valence-electron chi connectivity index (χ4n) is 2.31. The van der Waals surface area contributed by atoms with E-state index in [1.165, 1.54) is 11.9 Å². The highest BCUT2D eigenvalue weighted by atomic mass is 16.5. The summed E-state index contributed by atoms with van der Waals surface area (Å²) < 4.78 is 5.76. The molecule has 0 radical (unpaired) electrons. The van der Waals surface area contributed by atoms with Crippen LogP contribution in [-0.2, 0) is 17.8 Å². The lowest BCUT2D eigenvalue weighted by atomic mass is 9.94. The number of H-pyrrole nitrogens is 1. The monoisotopic (exact) mass is 233 g/mol. The quantitative estimate of drug-likeness (QED) is 0.507. The summed E-state index contributed by atoms with van der Waals surface area (Å²) in [5.41, 5.74) is 5.53. The molecule has 0 saturated carbocycles. The Morgan fingerprint density at radius 2 is 2.29 bits per heavy atom. The molecule has 2 aromatic heterocycles. The maximum Gasteiger partial charge on any atom is 0.153 e. The molecular formula is C11H15N5O. The lowest BCUT2D eigenvalue weighted by Gasteiger charge is -2.30. The Morgan fingerprint density at radius 1 is 1.47 bits per heavy atom. The molecule has 6 nitrogen and oxygen atoms in total. The first-order valence-electron chi connectivity index (χ1n) is 5.56. The fraction of sp³-hybridized carbons (Fsp3) is 0.455. The van der Waals surface area contributed by atoms with Crippen LogP contribution in [-0.4, -0.2) is 20.6 Å². The average molecular weight is 233 g/mol. The van der Waals surface area contributed by atoms with Crippen LogP contribution < -0.4 is 11.3 Å². The Labute approximate surface area is 98.6 Å². The fourth-order valence-corrected chi connectivity index (χ4v) is 2.31. The Balaban J connectivity index is 2.26. The topological polar surface area (TPSA) is 88.9 Å². The van der Waals surface area contributed by atoms with Crippen molar-refractivity contribution >= 4 is 16.9 Å². The van der Waals surface area contributed by atoms with Crippen LogP contribution in [0.3, 0.4) is 0 Å². The second-order valence-corrected chi connectivity index (χ2v) is 4.90. The normalized spacial score (nSPS) is 18.1. The molecule has 2 aromatic rings. The molecule has 0 amide bonds. The summed E-state index contributed by atoms with van der Waals surface area (Å²) in [6.07, 6.45) is 2.32. The molecule has 3 rings (SSSR count). The van der Waals surface area contributed by atoms with Gasteiger partial charge in [-0.1, -0.05) is 0 Å². The molecule has 4 N–H and O–H groups in total. The number of rotatable bonds is 1. The number of nitrogen functional groups attached to an aromatic ring is 1. The van der Waals surface area contributed by atoms with E-state index in [0.717, 1.165) is 23.1 Å². The molecule has 1 aliphatic rings. The zero-order valence-electron chi connectivity index (χ0n) is 9.87. The Hall–Kier alpha value is -1.66. The number of ether oxygens (including phenoxy) is 1. The highest BCUT2D eigenvalue weighted by Gasteiger charge is 2.30. The first kappa shape index (κ1) is 10.5. The van der Waals surface area contributed by atoms with Gasteiger partial charge in [-0.15, -0.1) is 0 Å². The van der Waals surface area contributed by atoms with Crippen LogP contribution in [0.4, 0.5) is 5.82 Å². The highest BCUT2D eigenvalue weighted by molar-refractivity contribution is 5.91. The van der Waals surface area contributed by atoms with Gasteiger partial charge in [-0.25, -0.2) is 15.8 Å². The van der Waals surface area contributed by atoms with Gasteiger partial charge < -0.3 is 15.1 Å². The predicted molar refractivity (Wildman–Crippen MR) is 64.3 cm³/mol. The summed E-state index contributed by atoms with van der Waals surface area (Å²) in [7, 11) is 0. The second kappa shape index (κ2) is 3.41.